The number of amides is 2. The van der Waals surface area contributed by atoms with E-state index in [1.54, 1.807) is 30.0 Å². The molecule has 0 aliphatic rings. The van der Waals surface area contributed by atoms with Crippen molar-refractivity contribution in [3.63, 3.8) is 0 Å². The molecule has 2 aromatic rings. The van der Waals surface area contributed by atoms with Gasteiger partial charge >= 0.3 is 6.03 Å². The van der Waals surface area contributed by atoms with Crippen molar-refractivity contribution < 1.29 is 14.3 Å². The quantitative estimate of drug-likeness (QED) is 0.744. The van der Waals surface area contributed by atoms with E-state index in [0.29, 0.717) is 32.0 Å². The molecule has 1 N–H and O–H groups in total. The van der Waals surface area contributed by atoms with Crippen LogP contribution in [0.15, 0.2) is 12.3 Å². The van der Waals surface area contributed by atoms with Crippen LogP contribution >= 0.6 is 0 Å². The Balaban J connectivity index is 2.08. The van der Waals surface area contributed by atoms with E-state index >= 15 is 0 Å². The summed E-state index contributed by atoms with van der Waals surface area (Å²) in [5.74, 6) is 0. The number of rotatable bonds is 8. The van der Waals surface area contributed by atoms with Gasteiger partial charge in [0.05, 0.1) is 24.2 Å². The first-order valence-corrected chi connectivity index (χ1v) is 7.90. The zero-order valence-electron chi connectivity index (χ0n) is 14.7. The van der Waals surface area contributed by atoms with E-state index in [2.05, 4.69) is 15.4 Å². The third-order valence-corrected chi connectivity index (χ3v) is 3.74. The summed E-state index contributed by atoms with van der Waals surface area (Å²) in [6.07, 6.45) is 2.41. The van der Waals surface area contributed by atoms with Crippen molar-refractivity contribution in [1.82, 2.24) is 19.7 Å². The summed E-state index contributed by atoms with van der Waals surface area (Å²) in [7, 11) is 5.12. The Morgan fingerprint density at radius 1 is 1.29 bits per heavy atom. The first-order valence-electron chi connectivity index (χ1n) is 7.90. The lowest BCUT2D eigenvalue weighted by atomic mass is 10.2. The molecular formula is C16H25N5O3. The normalized spacial score (nSPS) is 11.0. The van der Waals surface area contributed by atoms with Crippen LogP contribution < -0.4 is 5.32 Å². The van der Waals surface area contributed by atoms with Gasteiger partial charge in [0.25, 0.3) is 0 Å². The maximum absolute atomic E-state index is 12.5. The van der Waals surface area contributed by atoms with Gasteiger partial charge < -0.3 is 19.7 Å². The molecule has 2 rings (SSSR count). The van der Waals surface area contributed by atoms with E-state index in [-0.39, 0.29) is 6.03 Å². The monoisotopic (exact) mass is 335 g/mol. The number of carbonyl (C=O) groups is 1. The molecule has 0 spiro atoms. The van der Waals surface area contributed by atoms with Crippen LogP contribution in [0.4, 0.5) is 10.5 Å². The molecule has 2 heterocycles. The number of anilines is 1. The number of fused-ring (bicyclic) bond motifs is 1. The zero-order valence-corrected chi connectivity index (χ0v) is 14.7. The molecule has 8 heteroatoms. The van der Waals surface area contributed by atoms with Crippen LogP contribution in [-0.4, -0.2) is 66.2 Å². The van der Waals surface area contributed by atoms with E-state index in [9.17, 15) is 4.79 Å². The summed E-state index contributed by atoms with van der Waals surface area (Å²) in [5.41, 5.74) is 2.33. The standard InChI is InChI=1S/C16H25N5O3/c1-12-14-10-13(11-17-15(14)20(2)19-12)18-16(22)21(7-9-24-4)6-5-8-23-3/h10-11H,5-9H2,1-4H3,(H,18,22). The molecule has 0 unspecified atom stereocenters. The highest BCUT2D eigenvalue weighted by molar-refractivity contribution is 5.92. The van der Waals surface area contributed by atoms with Crippen molar-refractivity contribution in [3.8, 4) is 0 Å². The molecule has 0 atom stereocenters. The zero-order chi connectivity index (χ0) is 17.5. The number of aryl methyl sites for hydroxylation is 2. The predicted octanol–water partition coefficient (Wildman–Crippen LogP) is 1.79. The molecule has 0 fully saturated rings. The molecular weight excluding hydrogens is 310 g/mol. The number of urea groups is 1. The van der Waals surface area contributed by atoms with E-state index in [0.717, 1.165) is 23.1 Å². The molecule has 2 amide bonds. The number of methoxy groups -OCH3 is 2. The van der Waals surface area contributed by atoms with E-state index in [4.69, 9.17) is 9.47 Å². The summed E-state index contributed by atoms with van der Waals surface area (Å²) in [6.45, 7) is 4.14. The summed E-state index contributed by atoms with van der Waals surface area (Å²) in [6, 6.07) is 1.72. The number of hydrogen-bond donors (Lipinski definition) is 1. The van der Waals surface area contributed by atoms with Crippen LogP contribution in [0.5, 0.6) is 0 Å². The van der Waals surface area contributed by atoms with Crippen molar-refractivity contribution in [3.05, 3.63) is 18.0 Å². The second-order valence-corrected chi connectivity index (χ2v) is 5.56. The van der Waals surface area contributed by atoms with Gasteiger partial charge in [0.15, 0.2) is 5.65 Å². The van der Waals surface area contributed by atoms with Crippen LogP contribution in [0.3, 0.4) is 0 Å². The fourth-order valence-corrected chi connectivity index (χ4v) is 2.49. The third kappa shape index (κ3) is 4.42. The molecule has 2 aromatic heterocycles. The average Bonchev–Trinajstić information content (AvgIpc) is 2.85. The third-order valence-electron chi connectivity index (χ3n) is 3.74. The van der Waals surface area contributed by atoms with Crippen LogP contribution in [0, 0.1) is 6.92 Å². The van der Waals surface area contributed by atoms with E-state index in [1.165, 1.54) is 0 Å². The minimum Gasteiger partial charge on any atom is -0.385 e. The maximum Gasteiger partial charge on any atom is 0.321 e. The highest BCUT2D eigenvalue weighted by Crippen LogP contribution is 2.19. The molecule has 24 heavy (non-hydrogen) atoms. The second kappa shape index (κ2) is 8.60. The molecule has 0 saturated carbocycles. The predicted molar refractivity (Wildman–Crippen MR) is 92.2 cm³/mol. The molecule has 0 aliphatic carbocycles. The van der Waals surface area contributed by atoms with Crippen LogP contribution in [0.25, 0.3) is 11.0 Å². The maximum atomic E-state index is 12.5. The van der Waals surface area contributed by atoms with Crippen molar-refractivity contribution in [2.75, 3.05) is 45.8 Å². The Labute approximate surface area is 141 Å². The summed E-state index contributed by atoms with van der Waals surface area (Å²) in [5, 5.41) is 8.16. The number of nitrogens with one attached hydrogen (secondary N) is 1. The molecule has 0 bridgehead atoms. The highest BCUT2D eigenvalue weighted by Gasteiger charge is 2.14. The van der Waals surface area contributed by atoms with Gasteiger partial charge in [-0.1, -0.05) is 0 Å². The molecule has 0 aliphatic heterocycles. The Morgan fingerprint density at radius 2 is 2.04 bits per heavy atom. The van der Waals surface area contributed by atoms with Gasteiger partial charge in [0.1, 0.15) is 0 Å². The van der Waals surface area contributed by atoms with Gasteiger partial charge in [0.2, 0.25) is 0 Å². The molecule has 8 nitrogen and oxygen atoms in total. The van der Waals surface area contributed by atoms with Crippen molar-refractivity contribution in [2.45, 2.75) is 13.3 Å². The first-order chi connectivity index (χ1) is 11.6. The smallest absolute Gasteiger partial charge is 0.321 e. The number of hydrogen-bond acceptors (Lipinski definition) is 5. The first kappa shape index (κ1) is 18.2. The van der Waals surface area contributed by atoms with E-state index in [1.807, 2.05) is 20.0 Å². The lowest BCUT2D eigenvalue weighted by Gasteiger charge is -2.22. The van der Waals surface area contributed by atoms with Crippen molar-refractivity contribution in [1.29, 1.82) is 0 Å². The van der Waals surface area contributed by atoms with Crippen LogP contribution in [0.1, 0.15) is 12.1 Å². The van der Waals surface area contributed by atoms with Crippen molar-refractivity contribution in [2.24, 2.45) is 7.05 Å². The minimum atomic E-state index is -0.175. The van der Waals surface area contributed by atoms with Crippen LogP contribution in [0.2, 0.25) is 0 Å². The van der Waals surface area contributed by atoms with Gasteiger partial charge in [-0.05, 0) is 19.4 Å². The number of aromatic nitrogens is 3. The van der Waals surface area contributed by atoms with Gasteiger partial charge in [-0.2, -0.15) is 5.10 Å². The van der Waals surface area contributed by atoms with Crippen LogP contribution in [-0.2, 0) is 16.5 Å². The molecule has 0 aromatic carbocycles. The highest BCUT2D eigenvalue weighted by atomic mass is 16.5. The van der Waals surface area contributed by atoms with Gasteiger partial charge in [-0.15, -0.1) is 0 Å². The van der Waals surface area contributed by atoms with Gasteiger partial charge in [-0.3, -0.25) is 4.68 Å². The Bertz CT molecular complexity index is 686. The lowest BCUT2D eigenvalue weighted by molar-refractivity contribution is 0.143. The lowest BCUT2D eigenvalue weighted by Crippen LogP contribution is -2.38. The Kier molecular flexibility index (Phi) is 6.51. The topological polar surface area (TPSA) is 81.5 Å². The second-order valence-electron chi connectivity index (χ2n) is 5.56. The average molecular weight is 335 g/mol. The Hall–Kier alpha value is -2.19. The molecule has 0 saturated heterocycles. The summed E-state index contributed by atoms with van der Waals surface area (Å²) in [4.78, 5) is 18.6. The Morgan fingerprint density at radius 3 is 2.75 bits per heavy atom. The number of pyridine rings is 1. The molecule has 132 valence electrons. The largest absolute Gasteiger partial charge is 0.385 e. The van der Waals surface area contributed by atoms with Gasteiger partial charge in [-0.25, -0.2) is 9.78 Å². The van der Waals surface area contributed by atoms with E-state index < -0.39 is 0 Å². The minimum absolute atomic E-state index is 0.175. The van der Waals surface area contributed by atoms with Crippen molar-refractivity contribution >= 4 is 22.8 Å². The van der Waals surface area contributed by atoms with Gasteiger partial charge in [0, 0.05) is 46.3 Å². The number of nitrogens with zero attached hydrogens (tertiary/aromatic N) is 4. The number of ether oxygens (including phenoxy) is 2. The SMILES string of the molecule is COCCCN(CCOC)C(=O)Nc1cnc2c(c1)c(C)nn2C. The summed E-state index contributed by atoms with van der Waals surface area (Å²) < 4.78 is 11.9. The number of carbonyl (C=O) groups excluding carboxylic acids is 1. The fraction of sp³-hybridized carbons (Fsp3) is 0.562. The fourth-order valence-electron chi connectivity index (χ4n) is 2.49. The summed E-state index contributed by atoms with van der Waals surface area (Å²) >= 11 is 0. The molecule has 0 radical (unpaired) electrons.